The Morgan fingerprint density at radius 2 is 2.29 bits per heavy atom. The molecule has 1 heterocycles. The monoisotopic (exact) mass is 218 g/mol. The Balaban J connectivity index is 2.39. The van der Waals surface area contributed by atoms with Gasteiger partial charge in [-0.3, -0.25) is 4.68 Å². The summed E-state index contributed by atoms with van der Waals surface area (Å²) in [6.45, 7) is 0.527. The summed E-state index contributed by atoms with van der Waals surface area (Å²) in [5.74, 6) is 0.168. The molecule has 0 saturated heterocycles. The lowest BCUT2D eigenvalue weighted by atomic mass is 10.4. The predicted molar refractivity (Wildman–Crippen MR) is 52.5 cm³/mol. The fraction of sp³-hybridized carbons (Fsp3) is 0.625. The molecule has 1 aromatic rings. The summed E-state index contributed by atoms with van der Waals surface area (Å²) in [6, 6.07) is 0. The maximum atomic E-state index is 10.8. The molecular weight excluding hydrogens is 204 g/mol. The molecule has 0 amide bonds. The smallest absolute Gasteiger partial charge is 0.147 e. The van der Waals surface area contributed by atoms with Crippen LogP contribution in [0.5, 0.6) is 0 Å². The van der Waals surface area contributed by atoms with E-state index in [4.69, 9.17) is 5.11 Å². The maximum absolute atomic E-state index is 10.8. The number of rotatable bonds is 5. The van der Waals surface area contributed by atoms with E-state index in [1.165, 1.54) is 6.26 Å². The normalized spacial score (nSPS) is 11.9. The van der Waals surface area contributed by atoms with Crippen molar-refractivity contribution in [2.24, 2.45) is 0 Å². The van der Waals surface area contributed by atoms with E-state index in [9.17, 15) is 8.42 Å². The van der Waals surface area contributed by atoms with Crippen molar-refractivity contribution in [1.29, 1.82) is 0 Å². The Morgan fingerprint density at radius 1 is 1.57 bits per heavy atom. The van der Waals surface area contributed by atoms with Gasteiger partial charge in [0.15, 0.2) is 0 Å². The van der Waals surface area contributed by atoms with Gasteiger partial charge in [0.1, 0.15) is 9.84 Å². The molecule has 0 saturated carbocycles. The van der Waals surface area contributed by atoms with Crippen LogP contribution >= 0.6 is 0 Å². The van der Waals surface area contributed by atoms with Crippen LogP contribution in [0.2, 0.25) is 0 Å². The zero-order valence-corrected chi connectivity index (χ0v) is 8.87. The number of hydrogen-bond acceptors (Lipinski definition) is 4. The molecule has 80 valence electrons. The predicted octanol–water partition coefficient (Wildman–Crippen LogP) is -0.190. The van der Waals surface area contributed by atoms with Gasteiger partial charge >= 0.3 is 0 Å². The average molecular weight is 218 g/mol. The molecule has 1 N–H and O–H groups in total. The number of aliphatic hydroxyl groups is 1. The Labute approximate surface area is 83.3 Å². The van der Waals surface area contributed by atoms with Gasteiger partial charge in [0.05, 0.1) is 18.6 Å². The van der Waals surface area contributed by atoms with Gasteiger partial charge in [-0.05, 0) is 6.42 Å². The highest BCUT2D eigenvalue weighted by Gasteiger charge is 2.02. The molecule has 5 nitrogen and oxygen atoms in total. The molecule has 0 fully saturated rings. The number of nitrogens with zero attached hydrogens (tertiary/aromatic N) is 2. The second-order valence-corrected chi connectivity index (χ2v) is 5.51. The molecule has 1 aromatic heterocycles. The van der Waals surface area contributed by atoms with Crippen LogP contribution in [-0.2, 0) is 23.0 Å². The molecule has 0 radical (unpaired) electrons. The third-order valence-electron chi connectivity index (χ3n) is 1.77. The summed E-state index contributed by atoms with van der Waals surface area (Å²) < 4.78 is 23.3. The molecule has 6 heteroatoms. The SMILES string of the molecule is CS(=O)(=O)CCCn1cc(CO)cn1. The molecular formula is C8H14N2O3S. The van der Waals surface area contributed by atoms with Crippen molar-refractivity contribution in [2.45, 2.75) is 19.6 Å². The fourth-order valence-electron chi connectivity index (χ4n) is 1.10. The fourth-order valence-corrected chi connectivity index (χ4v) is 1.75. The number of aromatic nitrogens is 2. The molecule has 0 aromatic carbocycles. The van der Waals surface area contributed by atoms with Gasteiger partial charge in [-0.15, -0.1) is 0 Å². The Kier molecular flexibility index (Phi) is 3.65. The van der Waals surface area contributed by atoms with Gasteiger partial charge in [0.2, 0.25) is 0 Å². The molecule has 0 aliphatic carbocycles. The molecule has 0 unspecified atom stereocenters. The second kappa shape index (κ2) is 4.56. The van der Waals surface area contributed by atoms with Crippen LogP contribution in [0.1, 0.15) is 12.0 Å². The summed E-state index contributed by atoms with van der Waals surface area (Å²) in [5.41, 5.74) is 0.740. The van der Waals surface area contributed by atoms with Gasteiger partial charge in [-0.25, -0.2) is 8.42 Å². The van der Waals surface area contributed by atoms with Crippen molar-refractivity contribution >= 4 is 9.84 Å². The molecule has 0 aliphatic rings. The second-order valence-electron chi connectivity index (χ2n) is 3.25. The minimum atomic E-state index is -2.88. The van der Waals surface area contributed by atoms with E-state index >= 15 is 0 Å². The number of sulfone groups is 1. The van der Waals surface area contributed by atoms with E-state index in [0.29, 0.717) is 13.0 Å². The summed E-state index contributed by atoms with van der Waals surface area (Å²) >= 11 is 0. The van der Waals surface area contributed by atoms with Gasteiger partial charge < -0.3 is 5.11 Å². The van der Waals surface area contributed by atoms with E-state index in [1.54, 1.807) is 17.1 Å². The van der Waals surface area contributed by atoms with Crippen molar-refractivity contribution in [1.82, 2.24) is 9.78 Å². The quantitative estimate of drug-likeness (QED) is 0.743. The lowest BCUT2D eigenvalue weighted by Gasteiger charge is -1.99. The first-order valence-electron chi connectivity index (χ1n) is 4.31. The van der Waals surface area contributed by atoms with E-state index in [1.807, 2.05) is 0 Å². The van der Waals surface area contributed by atoms with Crippen molar-refractivity contribution in [2.75, 3.05) is 12.0 Å². The van der Waals surface area contributed by atoms with Gasteiger partial charge in [0.25, 0.3) is 0 Å². The first kappa shape index (κ1) is 11.2. The minimum absolute atomic E-state index is 0.0356. The van der Waals surface area contributed by atoms with Gasteiger partial charge in [-0.2, -0.15) is 5.10 Å². The van der Waals surface area contributed by atoms with Crippen LogP contribution in [-0.4, -0.2) is 35.3 Å². The van der Waals surface area contributed by atoms with E-state index in [2.05, 4.69) is 5.10 Å². The zero-order valence-electron chi connectivity index (χ0n) is 8.05. The third kappa shape index (κ3) is 3.89. The maximum Gasteiger partial charge on any atom is 0.147 e. The highest BCUT2D eigenvalue weighted by molar-refractivity contribution is 7.90. The Bertz CT molecular complexity index is 383. The van der Waals surface area contributed by atoms with E-state index < -0.39 is 9.84 Å². The Morgan fingerprint density at radius 3 is 2.79 bits per heavy atom. The minimum Gasteiger partial charge on any atom is -0.392 e. The van der Waals surface area contributed by atoms with Crippen LogP contribution in [0.4, 0.5) is 0 Å². The first-order valence-corrected chi connectivity index (χ1v) is 6.37. The summed E-state index contributed by atoms with van der Waals surface area (Å²) in [4.78, 5) is 0. The first-order chi connectivity index (χ1) is 6.51. The number of aliphatic hydroxyl groups excluding tert-OH is 1. The third-order valence-corrected chi connectivity index (χ3v) is 2.80. The highest BCUT2D eigenvalue weighted by atomic mass is 32.2. The van der Waals surface area contributed by atoms with Crippen LogP contribution in [0.15, 0.2) is 12.4 Å². The summed E-state index contributed by atoms with van der Waals surface area (Å²) in [7, 11) is -2.88. The van der Waals surface area contributed by atoms with Crippen molar-refractivity contribution < 1.29 is 13.5 Å². The van der Waals surface area contributed by atoms with Crippen molar-refractivity contribution in [3.8, 4) is 0 Å². The lowest BCUT2D eigenvalue weighted by Crippen LogP contribution is -2.07. The van der Waals surface area contributed by atoms with Gasteiger partial charge in [-0.1, -0.05) is 0 Å². The van der Waals surface area contributed by atoms with Crippen LogP contribution in [0, 0.1) is 0 Å². The molecule has 1 rings (SSSR count). The van der Waals surface area contributed by atoms with E-state index in [0.717, 1.165) is 5.56 Å². The van der Waals surface area contributed by atoms with Gasteiger partial charge in [0, 0.05) is 24.6 Å². The molecule has 0 atom stereocenters. The number of hydrogen-bond donors (Lipinski definition) is 1. The average Bonchev–Trinajstić information content (AvgIpc) is 2.50. The summed E-state index contributed by atoms with van der Waals surface area (Å²) in [6.07, 6.45) is 5.04. The Hall–Kier alpha value is -0.880. The van der Waals surface area contributed by atoms with Crippen LogP contribution in [0.25, 0.3) is 0 Å². The molecule has 0 aliphatic heterocycles. The summed E-state index contributed by atoms with van der Waals surface area (Å²) in [5, 5.41) is 12.7. The van der Waals surface area contributed by atoms with Crippen LogP contribution < -0.4 is 0 Å². The molecule has 14 heavy (non-hydrogen) atoms. The van der Waals surface area contributed by atoms with Crippen LogP contribution in [0.3, 0.4) is 0 Å². The van der Waals surface area contributed by atoms with Crippen molar-refractivity contribution in [3.63, 3.8) is 0 Å². The standard InChI is InChI=1S/C8H14N2O3S/c1-14(12,13)4-2-3-10-6-8(7-11)5-9-10/h5-6,11H,2-4,7H2,1H3. The molecule has 0 bridgehead atoms. The van der Waals surface area contributed by atoms with Crippen molar-refractivity contribution in [3.05, 3.63) is 18.0 Å². The lowest BCUT2D eigenvalue weighted by molar-refractivity contribution is 0.281. The highest BCUT2D eigenvalue weighted by Crippen LogP contribution is 1.99. The largest absolute Gasteiger partial charge is 0.392 e. The molecule has 0 spiro atoms. The number of aryl methyl sites for hydroxylation is 1. The topological polar surface area (TPSA) is 72.2 Å². The van der Waals surface area contributed by atoms with E-state index in [-0.39, 0.29) is 12.4 Å². The zero-order chi connectivity index (χ0) is 10.6.